The van der Waals surface area contributed by atoms with E-state index in [9.17, 15) is 24.0 Å². The van der Waals surface area contributed by atoms with Crippen molar-refractivity contribution in [3.05, 3.63) is 107 Å². The largest absolute Gasteiger partial charge is 0.357 e. The van der Waals surface area contributed by atoms with Crippen LogP contribution in [0.3, 0.4) is 0 Å². The van der Waals surface area contributed by atoms with Crippen LogP contribution in [0.2, 0.25) is 0 Å². The molecule has 2 aliphatic rings. The Bertz CT molecular complexity index is 1590. The maximum Gasteiger partial charge on any atom is 0.261 e. The maximum absolute atomic E-state index is 14.4. The molecule has 258 valence electrons. The van der Waals surface area contributed by atoms with Crippen LogP contribution in [0, 0.1) is 0 Å². The van der Waals surface area contributed by atoms with Gasteiger partial charge in [0.2, 0.25) is 17.7 Å². The van der Waals surface area contributed by atoms with E-state index in [0.29, 0.717) is 56.2 Å². The molecule has 5 amide bonds. The number of benzene rings is 3. The van der Waals surface area contributed by atoms with Crippen molar-refractivity contribution in [3.8, 4) is 0 Å². The monoisotopic (exact) mass is 700 g/mol. The lowest BCUT2D eigenvalue weighted by Crippen LogP contribution is -2.56. The number of hydrogen-bond acceptors (Lipinski definition) is 7. The molecule has 3 aromatic carbocycles. The highest BCUT2D eigenvalue weighted by Crippen LogP contribution is 2.33. The van der Waals surface area contributed by atoms with Crippen molar-refractivity contribution in [1.29, 1.82) is 0 Å². The van der Waals surface area contributed by atoms with Crippen molar-refractivity contribution < 1.29 is 24.0 Å². The number of nitrogens with zero attached hydrogens (tertiary/aromatic N) is 2. The number of imide groups is 1. The third kappa shape index (κ3) is 8.93. The minimum absolute atomic E-state index is 0.0123. The molecule has 4 atom stereocenters. The molecular weight excluding hydrogens is 657 g/mol. The first kappa shape index (κ1) is 36.2. The highest BCUT2D eigenvalue weighted by atomic mass is 33.1. The van der Waals surface area contributed by atoms with Gasteiger partial charge in [-0.25, -0.2) is 0 Å². The average Bonchev–Trinajstić information content (AvgIpc) is 3.26. The van der Waals surface area contributed by atoms with E-state index in [1.807, 2.05) is 55.5 Å². The van der Waals surface area contributed by atoms with Crippen molar-refractivity contribution in [2.24, 2.45) is 0 Å². The van der Waals surface area contributed by atoms with E-state index < -0.39 is 17.3 Å². The number of fused-ring (bicyclic) bond motifs is 1. The first-order valence-electron chi connectivity index (χ1n) is 17.0. The number of likely N-dealkylation sites (N-methyl/N-ethyl adjacent to an activating group) is 1. The summed E-state index contributed by atoms with van der Waals surface area (Å²) >= 11 is 0. The summed E-state index contributed by atoms with van der Waals surface area (Å²) in [6.45, 7) is 2.69. The molecule has 0 spiro atoms. The van der Waals surface area contributed by atoms with Gasteiger partial charge in [-0.2, -0.15) is 0 Å². The molecule has 3 aromatic rings. The van der Waals surface area contributed by atoms with Crippen molar-refractivity contribution in [3.63, 3.8) is 0 Å². The van der Waals surface area contributed by atoms with Crippen molar-refractivity contribution >= 4 is 51.1 Å². The molecule has 2 heterocycles. The molecule has 49 heavy (non-hydrogen) atoms. The van der Waals surface area contributed by atoms with Gasteiger partial charge >= 0.3 is 0 Å². The number of carbonyl (C=O) groups excluding carboxylic acids is 5. The number of rotatable bonds is 15. The summed E-state index contributed by atoms with van der Waals surface area (Å²) in [6, 6.07) is 25.0. The Labute approximate surface area is 296 Å². The molecule has 0 aromatic heterocycles. The molecule has 0 bridgehead atoms. The van der Waals surface area contributed by atoms with Crippen LogP contribution in [0.4, 0.5) is 0 Å². The van der Waals surface area contributed by atoms with Crippen LogP contribution >= 0.6 is 21.6 Å². The predicted molar refractivity (Wildman–Crippen MR) is 195 cm³/mol. The Kier molecular flexibility index (Phi) is 13.0. The van der Waals surface area contributed by atoms with E-state index in [4.69, 9.17) is 0 Å². The quantitative estimate of drug-likeness (QED) is 0.123. The van der Waals surface area contributed by atoms with Gasteiger partial charge in [0.05, 0.1) is 16.4 Å². The topological polar surface area (TPSA) is 116 Å². The van der Waals surface area contributed by atoms with Crippen molar-refractivity contribution in [2.45, 2.75) is 68.7 Å². The van der Waals surface area contributed by atoms with Gasteiger partial charge < -0.3 is 15.5 Å². The number of hydrogen-bond donors (Lipinski definition) is 2. The van der Waals surface area contributed by atoms with Gasteiger partial charge in [0.15, 0.2) is 0 Å². The summed E-state index contributed by atoms with van der Waals surface area (Å²) in [5.74, 6) is -0.463. The van der Waals surface area contributed by atoms with Crippen LogP contribution in [0.25, 0.3) is 0 Å². The van der Waals surface area contributed by atoms with Crippen LogP contribution < -0.4 is 10.6 Å². The smallest absolute Gasteiger partial charge is 0.261 e. The van der Waals surface area contributed by atoms with Gasteiger partial charge in [-0.05, 0) is 54.9 Å². The highest BCUT2D eigenvalue weighted by Gasteiger charge is 2.39. The molecule has 0 unspecified atom stereocenters. The third-order valence-electron chi connectivity index (χ3n) is 9.18. The highest BCUT2D eigenvalue weighted by molar-refractivity contribution is 8.77. The van der Waals surface area contributed by atoms with Crippen LogP contribution in [-0.4, -0.2) is 82.6 Å². The summed E-state index contributed by atoms with van der Waals surface area (Å²) in [6.07, 6.45) is 3.15. The van der Waals surface area contributed by atoms with E-state index in [1.165, 1.54) is 15.7 Å². The van der Waals surface area contributed by atoms with E-state index in [-0.39, 0.29) is 42.0 Å². The van der Waals surface area contributed by atoms with E-state index in [0.717, 1.165) is 16.9 Å². The lowest BCUT2D eigenvalue weighted by Gasteiger charge is -2.32. The van der Waals surface area contributed by atoms with Gasteiger partial charge in [-0.15, -0.1) is 0 Å². The summed E-state index contributed by atoms with van der Waals surface area (Å²) in [4.78, 5) is 70.2. The molecule has 0 saturated carbocycles. The second kappa shape index (κ2) is 17.5. The summed E-state index contributed by atoms with van der Waals surface area (Å²) in [5, 5.41) is 5.43. The SMILES string of the molecule is CCSS[C@@H](CCCCN1C(=O)c2ccccc2C1=O)C(=O)N[C@H]1C[C@@H](c2ccccc2)CCN([C@@H](Cc2ccccc2)C(=O)NC)C1=O. The maximum atomic E-state index is 14.4. The summed E-state index contributed by atoms with van der Waals surface area (Å²) < 4.78 is 0. The Morgan fingerprint density at radius 2 is 1.49 bits per heavy atom. The Balaban J connectivity index is 1.30. The minimum atomic E-state index is -0.809. The molecule has 2 N–H and O–H groups in total. The molecule has 1 saturated heterocycles. The molecule has 0 radical (unpaired) electrons. The van der Waals surface area contributed by atoms with E-state index in [2.05, 4.69) is 22.8 Å². The molecule has 11 heteroatoms. The summed E-state index contributed by atoms with van der Waals surface area (Å²) in [7, 11) is 4.65. The number of unbranched alkanes of at least 4 members (excludes halogenated alkanes) is 1. The number of amides is 5. The predicted octanol–water partition coefficient (Wildman–Crippen LogP) is 5.47. The zero-order valence-corrected chi connectivity index (χ0v) is 29.6. The zero-order chi connectivity index (χ0) is 34.8. The molecule has 2 aliphatic heterocycles. The van der Waals surface area contributed by atoms with Gasteiger partial charge in [0, 0.05) is 32.3 Å². The second-order valence-corrected chi connectivity index (χ2v) is 15.2. The van der Waals surface area contributed by atoms with E-state index in [1.54, 1.807) is 47.0 Å². The fraction of sp³-hybridized carbons (Fsp3) is 0.395. The second-order valence-electron chi connectivity index (χ2n) is 12.3. The van der Waals surface area contributed by atoms with Crippen LogP contribution in [0.5, 0.6) is 0 Å². The molecule has 1 fully saturated rings. The standard InChI is InChI=1S/C38H44N4O5S2/c1-3-48-49-33(20-12-13-22-42-36(45)29-18-10-11-19-30(29)37(42)46)35(44)40-31-25-28(27-16-8-5-9-17-27)21-23-41(38(31)47)32(34(43)39-2)24-26-14-6-4-7-15-26/h4-11,14-19,28,31-33H,3,12-13,20-25H2,1-2H3,(H,39,43)(H,40,44)/t28-,31-,32-,33-/m0/s1. The van der Waals surface area contributed by atoms with Crippen LogP contribution in [-0.2, 0) is 20.8 Å². The van der Waals surface area contributed by atoms with Crippen LogP contribution in [0.15, 0.2) is 84.9 Å². The van der Waals surface area contributed by atoms with Gasteiger partial charge in [0.25, 0.3) is 11.8 Å². The fourth-order valence-electron chi connectivity index (χ4n) is 6.59. The van der Waals surface area contributed by atoms with Crippen LogP contribution in [0.1, 0.15) is 76.8 Å². The Hall–Kier alpha value is -4.09. The summed E-state index contributed by atoms with van der Waals surface area (Å²) in [5.41, 5.74) is 2.90. The number of nitrogens with one attached hydrogen (secondary N) is 2. The van der Waals surface area contributed by atoms with Gasteiger partial charge in [-0.3, -0.25) is 28.9 Å². The lowest BCUT2D eigenvalue weighted by molar-refractivity contribution is -0.142. The number of likely N-dealkylation sites (tertiary alicyclic amines) is 1. The number of carbonyl (C=O) groups is 5. The third-order valence-corrected chi connectivity index (χ3v) is 12.0. The first-order chi connectivity index (χ1) is 23.8. The first-order valence-corrected chi connectivity index (χ1v) is 19.3. The van der Waals surface area contributed by atoms with Crippen molar-refractivity contribution in [1.82, 2.24) is 20.4 Å². The van der Waals surface area contributed by atoms with Crippen molar-refractivity contribution in [2.75, 3.05) is 25.9 Å². The average molecular weight is 701 g/mol. The molecule has 9 nitrogen and oxygen atoms in total. The lowest BCUT2D eigenvalue weighted by atomic mass is 9.90. The zero-order valence-electron chi connectivity index (χ0n) is 28.0. The van der Waals surface area contributed by atoms with Gasteiger partial charge in [-0.1, -0.05) is 108 Å². The van der Waals surface area contributed by atoms with E-state index >= 15 is 0 Å². The van der Waals surface area contributed by atoms with Gasteiger partial charge in [0.1, 0.15) is 12.1 Å². The fourth-order valence-corrected chi connectivity index (χ4v) is 8.77. The molecule has 0 aliphatic carbocycles. The normalized spacial score (nSPS) is 18.9. The Morgan fingerprint density at radius 3 is 2.12 bits per heavy atom. The molecule has 5 rings (SSSR count). The molecular formula is C38H44N4O5S2. The minimum Gasteiger partial charge on any atom is -0.357 e. The Morgan fingerprint density at radius 1 is 0.857 bits per heavy atom.